The van der Waals surface area contributed by atoms with E-state index in [1.807, 2.05) is 13.0 Å². The Kier molecular flexibility index (Phi) is 5.16. The number of benzene rings is 1. The number of carbonyl (C=O) groups excluding carboxylic acids is 1. The highest BCUT2D eigenvalue weighted by molar-refractivity contribution is 7.19. The average Bonchev–Trinajstić information content (AvgIpc) is 3.52. The van der Waals surface area contributed by atoms with Crippen molar-refractivity contribution in [2.75, 3.05) is 13.1 Å². The minimum atomic E-state index is -0.101. The van der Waals surface area contributed by atoms with Crippen LogP contribution in [0.1, 0.15) is 52.5 Å². The van der Waals surface area contributed by atoms with Crippen LogP contribution in [0.5, 0.6) is 0 Å². The number of hydrogen-bond acceptors (Lipinski definition) is 5. The predicted octanol–water partition coefficient (Wildman–Crippen LogP) is 3.50. The molecule has 6 nitrogen and oxygen atoms in total. The van der Waals surface area contributed by atoms with Gasteiger partial charge in [-0.2, -0.15) is 0 Å². The molecule has 1 N–H and O–H groups in total. The van der Waals surface area contributed by atoms with E-state index in [1.165, 1.54) is 16.9 Å². The van der Waals surface area contributed by atoms with Gasteiger partial charge in [0.2, 0.25) is 0 Å². The summed E-state index contributed by atoms with van der Waals surface area (Å²) in [5.74, 6) is -0.101. The number of aryl methyl sites for hydroxylation is 1. The van der Waals surface area contributed by atoms with E-state index in [2.05, 4.69) is 39.5 Å². The maximum absolute atomic E-state index is 13.1. The van der Waals surface area contributed by atoms with Crippen LogP contribution in [0.15, 0.2) is 41.5 Å². The van der Waals surface area contributed by atoms with Crippen molar-refractivity contribution in [2.45, 2.75) is 51.2 Å². The summed E-state index contributed by atoms with van der Waals surface area (Å²) in [5.41, 5.74) is 2.44. The summed E-state index contributed by atoms with van der Waals surface area (Å²) in [4.78, 5) is 33.6. The first kappa shape index (κ1) is 19.5. The number of nitrogens with one attached hydrogen (secondary N) is 1. The number of aromatic nitrogens is 2. The molecule has 1 amide bonds. The van der Waals surface area contributed by atoms with Gasteiger partial charge in [0.1, 0.15) is 10.2 Å². The van der Waals surface area contributed by atoms with Crippen molar-refractivity contribution in [3.63, 3.8) is 0 Å². The summed E-state index contributed by atoms with van der Waals surface area (Å²) < 4.78 is 2.33. The second-order valence-electron chi connectivity index (χ2n) is 8.41. The maximum Gasteiger partial charge on any atom is 0.271 e. The van der Waals surface area contributed by atoms with Gasteiger partial charge in [-0.1, -0.05) is 30.3 Å². The van der Waals surface area contributed by atoms with Crippen molar-refractivity contribution < 1.29 is 4.79 Å². The number of carbonyl (C=O) groups is 1. The van der Waals surface area contributed by atoms with Crippen molar-refractivity contribution in [2.24, 2.45) is 0 Å². The van der Waals surface area contributed by atoms with Crippen LogP contribution in [0.3, 0.4) is 0 Å². The predicted molar refractivity (Wildman–Crippen MR) is 119 cm³/mol. The number of thiophene rings is 1. The number of rotatable bonds is 5. The quantitative estimate of drug-likeness (QED) is 0.683. The molecule has 156 valence electrons. The van der Waals surface area contributed by atoms with Crippen molar-refractivity contribution >= 4 is 27.5 Å². The Balaban J connectivity index is 1.26. The zero-order chi connectivity index (χ0) is 20.7. The summed E-state index contributed by atoms with van der Waals surface area (Å²) in [6, 6.07) is 10.9. The van der Waals surface area contributed by atoms with E-state index in [9.17, 15) is 9.59 Å². The molecular weight excluding hydrogens is 396 g/mol. The molecular formula is C23H26N4O2S. The minimum Gasteiger partial charge on any atom is -0.349 e. The zero-order valence-corrected chi connectivity index (χ0v) is 18.0. The Morgan fingerprint density at radius 1 is 1.17 bits per heavy atom. The van der Waals surface area contributed by atoms with Gasteiger partial charge in [0.25, 0.3) is 11.5 Å². The zero-order valence-electron chi connectivity index (χ0n) is 17.1. The van der Waals surface area contributed by atoms with Crippen LogP contribution in [-0.4, -0.2) is 39.5 Å². The molecule has 30 heavy (non-hydrogen) atoms. The van der Waals surface area contributed by atoms with Crippen LogP contribution in [0, 0.1) is 6.92 Å². The van der Waals surface area contributed by atoms with Crippen LogP contribution >= 0.6 is 11.3 Å². The molecule has 1 aromatic carbocycles. The number of hydrogen-bond donors (Lipinski definition) is 1. The number of amides is 1. The fraction of sp³-hybridized carbons (Fsp3) is 0.435. The molecule has 1 saturated heterocycles. The van der Waals surface area contributed by atoms with Crippen molar-refractivity contribution in [1.29, 1.82) is 0 Å². The Labute approximate surface area is 179 Å². The second kappa shape index (κ2) is 7.96. The SMILES string of the molecule is Cc1sc2c(=O)n(C3CC3)cnc2c1C(=O)NC1CCN(Cc2ccccc2)CC1. The highest BCUT2D eigenvalue weighted by Crippen LogP contribution is 2.34. The molecule has 5 rings (SSSR count). The monoisotopic (exact) mass is 422 g/mol. The standard InChI is InChI=1S/C23H26N4O2S/c1-15-19(20-21(30-15)23(29)27(14-24-20)18-7-8-18)22(28)25-17-9-11-26(12-10-17)13-16-5-3-2-4-6-16/h2-6,14,17-18H,7-13H2,1H3,(H,25,28). The van der Waals surface area contributed by atoms with Gasteiger partial charge >= 0.3 is 0 Å². The summed E-state index contributed by atoms with van der Waals surface area (Å²) >= 11 is 1.39. The Morgan fingerprint density at radius 2 is 1.90 bits per heavy atom. The van der Waals surface area contributed by atoms with Gasteiger partial charge in [0, 0.05) is 36.6 Å². The summed E-state index contributed by atoms with van der Waals surface area (Å²) in [6.07, 6.45) is 5.55. The van der Waals surface area contributed by atoms with E-state index in [0.717, 1.165) is 50.2 Å². The van der Waals surface area contributed by atoms with Crippen LogP contribution in [-0.2, 0) is 6.54 Å². The van der Waals surface area contributed by atoms with E-state index in [-0.39, 0.29) is 23.6 Å². The first-order chi connectivity index (χ1) is 14.6. The lowest BCUT2D eigenvalue weighted by Crippen LogP contribution is -2.44. The molecule has 0 bridgehead atoms. The molecule has 2 aliphatic rings. The molecule has 3 heterocycles. The third kappa shape index (κ3) is 3.79. The van der Waals surface area contributed by atoms with E-state index < -0.39 is 0 Å². The van der Waals surface area contributed by atoms with Crippen molar-refractivity contribution in [1.82, 2.24) is 19.8 Å². The van der Waals surface area contributed by atoms with Gasteiger partial charge in [-0.05, 0) is 38.2 Å². The highest BCUT2D eigenvalue weighted by Gasteiger charge is 2.28. The van der Waals surface area contributed by atoms with Gasteiger partial charge in [0.15, 0.2) is 0 Å². The number of likely N-dealkylation sites (tertiary alicyclic amines) is 1. The molecule has 0 atom stereocenters. The molecule has 1 aliphatic heterocycles. The van der Waals surface area contributed by atoms with Crippen LogP contribution in [0.25, 0.3) is 10.2 Å². The number of piperidine rings is 1. The maximum atomic E-state index is 13.1. The second-order valence-corrected chi connectivity index (χ2v) is 9.63. The first-order valence-corrected chi connectivity index (χ1v) is 11.5. The normalized spacial score (nSPS) is 18.0. The van der Waals surface area contributed by atoms with Gasteiger partial charge in [-0.25, -0.2) is 4.98 Å². The van der Waals surface area contributed by atoms with Crippen LogP contribution in [0.4, 0.5) is 0 Å². The highest BCUT2D eigenvalue weighted by atomic mass is 32.1. The molecule has 7 heteroatoms. The summed E-state index contributed by atoms with van der Waals surface area (Å²) in [7, 11) is 0. The Bertz CT molecular complexity index is 1130. The summed E-state index contributed by atoms with van der Waals surface area (Å²) in [5, 5.41) is 3.20. The van der Waals surface area contributed by atoms with Crippen molar-refractivity contribution in [3.05, 3.63) is 63.0 Å². The van der Waals surface area contributed by atoms with Gasteiger partial charge < -0.3 is 5.32 Å². The molecule has 0 unspecified atom stereocenters. The molecule has 0 radical (unpaired) electrons. The molecule has 3 aromatic rings. The lowest BCUT2D eigenvalue weighted by atomic mass is 10.0. The Hall–Kier alpha value is -2.51. The van der Waals surface area contributed by atoms with E-state index >= 15 is 0 Å². The summed E-state index contributed by atoms with van der Waals surface area (Å²) in [6.45, 7) is 4.79. The van der Waals surface area contributed by atoms with E-state index in [4.69, 9.17) is 0 Å². The topological polar surface area (TPSA) is 67.2 Å². The molecule has 2 aromatic heterocycles. The largest absolute Gasteiger partial charge is 0.349 e. The van der Waals surface area contributed by atoms with E-state index in [0.29, 0.717) is 15.8 Å². The molecule has 2 fully saturated rings. The molecule has 0 spiro atoms. The first-order valence-electron chi connectivity index (χ1n) is 10.7. The molecule has 1 saturated carbocycles. The van der Waals surface area contributed by atoms with Crippen molar-refractivity contribution in [3.8, 4) is 0 Å². The van der Waals surface area contributed by atoms with Gasteiger partial charge in [-0.3, -0.25) is 19.1 Å². The van der Waals surface area contributed by atoms with Crippen LogP contribution < -0.4 is 10.9 Å². The third-order valence-corrected chi connectivity index (χ3v) is 7.22. The van der Waals surface area contributed by atoms with E-state index in [1.54, 1.807) is 10.9 Å². The molecule has 1 aliphatic carbocycles. The fourth-order valence-corrected chi connectivity index (χ4v) is 5.35. The van der Waals surface area contributed by atoms with Crippen LogP contribution in [0.2, 0.25) is 0 Å². The minimum absolute atomic E-state index is 0.0103. The number of fused-ring (bicyclic) bond motifs is 1. The smallest absolute Gasteiger partial charge is 0.271 e. The average molecular weight is 423 g/mol. The lowest BCUT2D eigenvalue weighted by molar-refractivity contribution is 0.0910. The Morgan fingerprint density at radius 3 is 2.60 bits per heavy atom. The number of nitrogens with zero attached hydrogens (tertiary/aromatic N) is 3. The third-order valence-electron chi connectivity index (χ3n) is 6.14. The fourth-order valence-electron chi connectivity index (χ4n) is 4.31. The lowest BCUT2D eigenvalue weighted by Gasteiger charge is -2.32. The van der Waals surface area contributed by atoms with Gasteiger partial charge in [-0.15, -0.1) is 11.3 Å². The van der Waals surface area contributed by atoms with Gasteiger partial charge in [0.05, 0.1) is 11.9 Å².